The van der Waals surface area contributed by atoms with Gasteiger partial charge < -0.3 is 16.0 Å². The Kier molecular flexibility index (Phi) is 7.00. The molecule has 1 aliphatic rings. The van der Waals surface area contributed by atoms with Crippen molar-refractivity contribution in [2.75, 3.05) is 50.4 Å². The van der Waals surface area contributed by atoms with E-state index in [9.17, 15) is 9.59 Å². The lowest BCUT2D eigenvalue weighted by molar-refractivity contribution is -0.117. The molecule has 0 atom stereocenters. The molecule has 0 aliphatic carbocycles. The van der Waals surface area contributed by atoms with E-state index in [4.69, 9.17) is 0 Å². The summed E-state index contributed by atoms with van der Waals surface area (Å²) in [5, 5.41) is 8.10. The maximum atomic E-state index is 12.4. The molecule has 1 fully saturated rings. The van der Waals surface area contributed by atoms with Gasteiger partial charge in [0.25, 0.3) is 0 Å². The van der Waals surface area contributed by atoms with Gasteiger partial charge in [0.05, 0.1) is 6.54 Å². The number of anilines is 2. The van der Waals surface area contributed by atoms with Gasteiger partial charge in [-0.1, -0.05) is 36.4 Å². The van der Waals surface area contributed by atoms with Gasteiger partial charge in [-0.3, -0.25) is 14.6 Å². The topological polar surface area (TPSA) is 76.7 Å². The average molecular weight is 381 g/mol. The van der Waals surface area contributed by atoms with E-state index in [2.05, 4.69) is 50.0 Å². The van der Waals surface area contributed by atoms with Crippen LogP contribution in [-0.2, 0) is 11.3 Å². The number of hydrogen-bond donors (Lipinski definition) is 3. The maximum absolute atomic E-state index is 12.4. The number of urea groups is 1. The molecule has 7 heteroatoms. The molecule has 0 aromatic heterocycles. The average Bonchev–Trinajstić information content (AvgIpc) is 2.70. The summed E-state index contributed by atoms with van der Waals surface area (Å²) < 4.78 is 0. The Bertz CT molecular complexity index is 788. The van der Waals surface area contributed by atoms with Crippen molar-refractivity contribution in [3.05, 3.63) is 60.2 Å². The first-order chi connectivity index (χ1) is 13.6. The summed E-state index contributed by atoms with van der Waals surface area (Å²) in [6.07, 6.45) is 0. The molecule has 3 rings (SSSR count). The number of carbonyl (C=O) groups excluding carboxylic acids is 2. The molecule has 28 heavy (non-hydrogen) atoms. The van der Waals surface area contributed by atoms with Crippen molar-refractivity contribution in [2.45, 2.75) is 6.54 Å². The third-order valence-electron chi connectivity index (χ3n) is 4.71. The Morgan fingerprint density at radius 2 is 1.50 bits per heavy atom. The van der Waals surface area contributed by atoms with Crippen LogP contribution in [0.25, 0.3) is 0 Å². The quantitative estimate of drug-likeness (QED) is 0.717. The second-order valence-corrected chi connectivity index (χ2v) is 6.87. The molecule has 0 unspecified atom stereocenters. The van der Waals surface area contributed by atoms with Gasteiger partial charge in [-0.05, 0) is 23.8 Å². The summed E-state index contributed by atoms with van der Waals surface area (Å²) in [4.78, 5) is 28.4. The fourth-order valence-corrected chi connectivity index (χ4v) is 3.22. The van der Waals surface area contributed by atoms with E-state index in [0.29, 0.717) is 17.9 Å². The van der Waals surface area contributed by atoms with Crippen molar-refractivity contribution in [1.29, 1.82) is 0 Å². The van der Waals surface area contributed by atoms with Crippen molar-refractivity contribution in [3.63, 3.8) is 0 Å². The zero-order chi connectivity index (χ0) is 19.8. The van der Waals surface area contributed by atoms with Crippen LogP contribution in [0.3, 0.4) is 0 Å². The predicted molar refractivity (Wildman–Crippen MR) is 111 cm³/mol. The van der Waals surface area contributed by atoms with E-state index in [1.807, 2.05) is 12.1 Å². The third-order valence-corrected chi connectivity index (χ3v) is 4.71. The SMILES string of the molecule is CNC(=O)Nc1cccc(NC(=O)CN2CCN(Cc3ccccc3)CC2)c1. The van der Waals surface area contributed by atoms with Crippen LogP contribution in [0.2, 0.25) is 0 Å². The lowest BCUT2D eigenvalue weighted by atomic mass is 10.2. The number of benzene rings is 2. The highest BCUT2D eigenvalue weighted by Gasteiger charge is 2.19. The number of hydrogen-bond acceptors (Lipinski definition) is 4. The van der Waals surface area contributed by atoms with Gasteiger partial charge in [0.1, 0.15) is 0 Å². The minimum Gasteiger partial charge on any atom is -0.341 e. The molecule has 1 heterocycles. The number of amides is 3. The maximum Gasteiger partial charge on any atom is 0.318 e. The highest BCUT2D eigenvalue weighted by molar-refractivity contribution is 5.94. The van der Waals surface area contributed by atoms with Crippen LogP contribution in [0.1, 0.15) is 5.56 Å². The van der Waals surface area contributed by atoms with E-state index in [0.717, 1.165) is 32.7 Å². The zero-order valence-corrected chi connectivity index (χ0v) is 16.1. The first kappa shape index (κ1) is 19.9. The van der Waals surface area contributed by atoms with Crippen molar-refractivity contribution in [2.24, 2.45) is 0 Å². The summed E-state index contributed by atoms with van der Waals surface area (Å²) in [7, 11) is 1.56. The summed E-state index contributed by atoms with van der Waals surface area (Å²) in [5.41, 5.74) is 2.62. The second kappa shape index (κ2) is 9.87. The molecule has 3 N–H and O–H groups in total. The summed E-state index contributed by atoms with van der Waals surface area (Å²) in [6, 6.07) is 17.3. The van der Waals surface area contributed by atoms with Crippen LogP contribution >= 0.6 is 0 Å². The molecule has 1 aliphatic heterocycles. The Balaban J connectivity index is 1.43. The lowest BCUT2D eigenvalue weighted by Gasteiger charge is -2.34. The second-order valence-electron chi connectivity index (χ2n) is 6.87. The van der Waals surface area contributed by atoms with Crippen LogP contribution < -0.4 is 16.0 Å². The lowest BCUT2D eigenvalue weighted by Crippen LogP contribution is -2.48. The molecular weight excluding hydrogens is 354 g/mol. The van der Waals surface area contributed by atoms with E-state index in [-0.39, 0.29) is 11.9 Å². The van der Waals surface area contributed by atoms with Gasteiger partial charge in [-0.25, -0.2) is 4.79 Å². The Labute approximate surface area is 165 Å². The first-order valence-electron chi connectivity index (χ1n) is 9.49. The summed E-state index contributed by atoms with van der Waals surface area (Å²) in [6.45, 7) is 4.97. The zero-order valence-electron chi connectivity index (χ0n) is 16.1. The van der Waals surface area contributed by atoms with Gasteiger partial charge in [-0.15, -0.1) is 0 Å². The number of piperazine rings is 1. The molecule has 3 amide bonds. The normalized spacial score (nSPS) is 15.0. The van der Waals surface area contributed by atoms with Crippen LogP contribution in [0.5, 0.6) is 0 Å². The van der Waals surface area contributed by atoms with Gasteiger partial charge in [0.2, 0.25) is 5.91 Å². The molecular formula is C21H27N5O2. The van der Waals surface area contributed by atoms with E-state index in [1.165, 1.54) is 5.56 Å². The molecule has 0 radical (unpaired) electrons. The molecule has 0 saturated carbocycles. The van der Waals surface area contributed by atoms with Gasteiger partial charge in [0, 0.05) is 51.1 Å². The fraction of sp³-hybridized carbons (Fsp3) is 0.333. The summed E-state index contributed by atoms with van der Waals surface area (Å²) in [5.74, 6) is -0.0476. The van der Waals surface area contributed by atoms with Crippen LogP contribution in [0.15, 0.2) is 54.6 Å². The Morgan fingerprint density at radius 1 is 0.857 bits per heavy atom. The van der Waals surface area contributed by atoms with Crippen molar-refractivity contribution < 1.29 is 9.59 Å². The monoisotopic (exact) mass is 381 g/mol. The molecule has 148 valence electrons. The van der Waals surface area contributed by atoms with Gasteiger partial charge in [-0.2, -0.15) is 0 Å². The number of rotatable bonds is 6. The molecule has 7 nitrogen and oxygen atoms in total. The van der Waals surface area contributed by atoms with Crippen molar-refractivity contribution in [1.82, 2.24) is 15.1 Å². The van der Waals surface area contributed by atoms with Crippen LogP contribution in [0.4, 0.5) is 16.2 Å². The number of nitrogens with zero attached hydrogens (tertiary/aromatic N) is 2. The Morgan fingerprint density at radius 3 is 2.18 bits per heavy atom. The Hall–Kier alpha value is -2.90. The standard InChI is InChI=1S/C21H27N5O2/c1-22-21(28)24-19-9-5-8-18(14-19)23-20(27)16-26-12-10-25(11-13-26)15-17-6-3-2-4-7-17/h2-9,14H,10-13,15-16H2,1H3,(H,23,27)(H2,22,24,28). The fourth-order valence-electron chi connectivity index (χ4n) is 3.22. The van der Waals surface area contributed by atoms with Gasteiger partial charge >= 0.3 is 6.03 Å². The van der Waals surface area contributed by atoms with E-state index in [1.54, 1.807) is 25.2 Å². The van der Waals surface area contributed by atoms with Gasteiger partial charge in [0.15, 0.2) is 0 Å². The van der Waals surface area contributed by atoms with Crippen molar-refractivity contribution >= 4 is 23.3 Å². The number of carbonyl (C=O) groups is 2. The third kappa shape index (κ3) is 6.07. The van der Waals surface area contributed by atoms with Crippen LogP contribution in [-0.4, -0.2) is 61.5 Å². The van der Waals surface area contributed by atoms with Crippen molar-refractivity contribution in [3.8, 4) is 0 Å². The molecule has 2 aromatic rings. The highest BCUT2D eigenvalue weighted by atomic mass is 16.2. The molecule has 0 spiro atoms. The highest BCUT2D eigenvalue weighted by Crippen LogP contribution is 2.15. The minimum absolute atomic E-state index is 0.0476. The minimum atomic E-state index is -0.295. The van der Waals surface area contributed by atoms with E-state index < -0.39 is 0 Å². The summed E-state index contributed by atoms with van der Waals surface area (Å²) >= 11 is 0. The molecule has 2 aromatic carbocycles. The number of nitrogens with one attached hydrogen (secondary N) is 3. The predicted octanol–water partition coefficient (Wildman–Crippen LogP) is 2.19. The largest absolute Gasteiger partial charge is 0.341 e. The molecule has 0 bridgehead atoms. The van der Waals surface area contributed by atoms with Crippen LogP contribution in [0, 0.1) is 0 Å². The van der Waals surface area contributed by atoms with E-state index >= 15 is 0 Å². The smallest absolute Gasteiger partial charge is 0.318 e. The first-order valence-corrected chi connectivity index (χ1v) is 9.49. The molecule has 1 saturated heterocycles.